The van der Waals surface area contributed by atoms with Crippen molar-refractivity contribution in [2.24, 2.45) is 0 Å². The first-order chi connectivity index (χ1) is 10.1. The van der Waals surface area contributed by atoms with Crippen molar-refractivity contribution in [1.29, 1.82) is 0 Å². The number of aromatic nitrogens is 2. The molecule has 118 valence electrons. The topological polar surface area (TPSA) is 55.1 Å². The van der Waals surface area contributed by atoms with Gasteiger partial charge in [0.05, 0.1) is 18.2 Å². The van der Waals surface area contributed by atoms with E-state index in [0.29, 0.717) is 18.9 Å². The zero-order valence-corrected chi connectivity index (χ0v) is 13.3. The first kappa shape index (κ1) is 16.2. The number of Topliss-reactive ketones (excluding diaryl/α,β-unsaturated/α-hetero) is 1. The number of ketones is 1. The van der Waals surface area contributed by atoms with Gasteiger partial charge in [-0.05, 0) is 31.7 Å². The molecule has 0 saturated heterocycles. The summed E-state index contributed by atoms with van der Waals surface area (Å²) < 4.78 is 1.96. The van der Waals surface area contributed by atoms with Gasteiger partial charge in [-0.2, -0.15) is 5.10 Å². The van der Waals surface area contributed by atoms with Crippen molar-refractivity contribution in [1.82, 2.24) is 9.78 Å². The van der Waals surface area contributed by atoms with Crippen LogP contribution in [0.3, 0.4) is 0 Å². The van der Waals surface area contributed by atoms with E-state index in [4.69, 9.17) is 0 Å². The molecule has 0 atom stereocenters. The number of aliphatic hydroxyl groups is 1. The molecular weight excluding hydrogens is 264 g/mol. The molecule has 0 spiro atoms. The van der Waals surface area contributed by atoms with Gasteiger partial charge in [-0.3, -0.25) is 9.48 Å². The summed E-state index contributed by atoms with van der Waals surface area (Å²) in [5.74, 6) is -0.0563. The van der Waals surface area contributed by atoms with E-state index in [2.05, 4.69) is 18.9 Å². The zero-order valence-electron chi connectivity index (χ0n) is 13.3. The van der Waals surface area contributed by atoms with Gasteiger partial charge in [0.15, 0.2) is 5.78 Å². The molecule has 0 bridgehead atoms. The van der Waals surface area contributed by atoms with Gasteiger partial charge < -0.3 is 5.11 Å². The summed E-state index contributed by atoms with van der Waals surface area (Å²) in [5, 5.41) is 15.1. The molecule has 1 aliphatic rings. The molecule has 1 saturated carbocycles. The predicted molar refractivity (Wildman–Crippen MR) is 83.2 cm³/mol. The second-order valence-corrected chi connectivity index (χ2v) is 6.30. The van der Waals surface area contributed by atoms with Crippen LogP contribution in [0.2, 0.25) is 0 Å². The summed E-state index contributed by atoms with van der Waals surface area (Å²) in [4.78, 5) is 12.5. The van der Waals surface area contributed by atoms with Crippen LogP contribution in [0.25, 0.3) is 0 Å². The Hall–Kier alpha value is -1.16. The Morgan fingerprint density at radius 3 is 2.48 bits per heavy atom. The number of nitrogens with zero attached hydrogens (tertiary/aromatic N) is 2. The summed E-state index contributed by atoms with van der Waals surface area (Å²) in [7, 11) is 0. The van der Waals surface area contributed by atoms with Crippen molar-refractivity contribution >= 4 is 5.78 Å². The monoisotopic (exact) mass is 292 g/mol. The zero-order chi connectivity index (χ0) is 15.3. The fourth-order valence-corrected chi connectivity index (χ4v) is 3.26. The highest BCUT2D eigenvalue weighted by Crippen LogP contribution is 2.28. The van der Waals surface area contributed by atoms with Gasteiger partial charge in [0, 0.05) is 6.20 Å². The van der Waals surface area contributed by atoms with E-state index in [1.807, 2.05) is 16.9 Å². The van der Waals surface area contributed by atoms with E-state index in [9.17, 15) is 9.90 Å². The highest BCUT2D eigenvalue weighted by Gasteiger charge is 2.35. The highest BCUT2D eigenvalue weighted by molar-refractivity contribution is 5.88. The normalized spacial score (nSPS) is 18.7. The summed E-state index contributed by atoms with van der Waals surface area (Å²) >= 11 is 0. The third-order valence-corrected chi connectivity index (χ3v) is 4.77. The second kappa shape index (κ2) is 7.21. The number of rotatable bonds is 6. The van der Waals surface area contributed by atoms with Gasteiger partial charge in [0.1, 0.15) is 5.60 Å². The van der Waals surface area contributed by atoms with Crippen LogP contribution in [-0.2, 0) is 11.2 Å². The minimum atomic E-state index is -1.12. The Kier molecular flexibility index (Phi) is 5.57. The molecule has 1 N–H and O–H groups in total. The predicted octanol–water partition coefficient (Wildman–Crippen LogP) is 3.44. The van der Waals surface area contributed by atoms with Gasteiger partial charge in [-0.1, -0.05) is 39.5 Å². The first-order valence-electron chi connectivity index (χ1n) is 8.38. The van der Waals surface area contributed by atoms with E-state index in [1.165, 1.54) is 0 Å². The quantitative estimate of drug-likeness (QED) is 0.817. The Balaban J connectivity index is 2.02. The summed E-state index contributed by atoms with van der Waals surface area (Å²) in [6.07, 6.45) is 9.65. The third-order valence-electron chi connectivity index (χ3n) is 4.77. The number of hydrogen-bond acceptors (Lipinski definition) is 3. The first-order valence-corrected chi connectivity index (χ1v) is 8.38. The van der Waals surface area contributed by atoms with Crippen molar-refractivity contribution in [3.63, 3.8) is 0 Å². The van der Waals surface area contributed by atoms with Crippen LogP contribution in [0, 0.1) is 0 Å². The Morgan fingerprint density at radius 2 is 1.90 bits per heavy atom. The van der Waals surface area contributed by atoms with Crippen LogP contribution in [0.1, 0.15) is 76.9 Å². The Bertz CT molecular complexity index is 455. The molecule has 0 aromatic carbocycles. The minimum absolute atomic E-state index is 0.0563. The molecule has 1 fully saturated rings. The second-order valence-electron chi connectivity index (χ2n) is 6.30. The average molecular weight is 292 g/mol. The average Bonchev–Trinajstić information content (AvgIpc) is 2.80. The van der Waals surface area contributed by atoms with Gasteiger partial charge in [0.2, 0.25) is 0 Å². The van der Waals surface area contributed by atoms with Crippen LogP contribution in [0.15, 0.2) is 12.3 Å². The number of hydrogen-bond donors (Lipinski definition) is 1. The Labute approximate surface area is 127 Å². The van der Waals surface area contributed by atoms with Crippen molar-refractivity contribution in [2.45, 2.75) is 83.3 Å². The molecule has 0 unspecified atom stereocenters. The van der Waals surface area contributed by atoms with Crippen molar-refractivity contribution in [3.05, 3.63) is 18.0 Å². The summed E-state index contributed by atoms with van der Waals surface area (Å²) in [5.41, 5.74) is -0.334. The molecule has 21 heavy (non-hydrogen) atoms. The van der Waals surface area contributed by atoms with Crippen LogP contribution in [-0.4, -0.2) is 26.3 Å². The van der Waals surface area contributed by atoms with Crippen LogP contribution in [0.5, 0.6) is 0 Å². The van der Waals surface area contributed by atoms with Gasteiger partial charge >= 0.3 is 0 Å². The smallest absolute Gasteiger partial charge is 0.170 e. The maximum Gasteiger partial charge on any atom is 0.170 e. The number of carbonyl (C=O) groups excluding carboxylic acids is 1. The SMILES string of the molecule is CCC(CC)n1ccc(CC(=O)C2(O)CCCCCC2)n1. The fraction of sp³-hybridized carbons (Fsp3) is 0.765. The molecule has 1 aromatic rings. The molecule has 1 aromatic heterocycles. The van der Waals surface area contributed by atoms with E-state index in [0.717, 1.165) is 44.2 Å². The Morgan fingerprint density at radius 1 is 1.29 bits per heavy atom. The number of carbonyl (C=O) groups is 1. The lowest BCUT2D eigenvalue weighted by Crippen LogP contribution is -2.39. The van der Waals surface area contributed by atoms with Gasteiger partial charge in [0.25, 0.3) is 0 Å². The standard InChI is InChI=1S/C17H28N2O2/c1-3-15(4-2)19-12-9-14(18-19)13-16(20)17(21)10-7-5-6-8-11-17/h9,12,15,21H,3-8,10-11,13H2,1-2H3. The van der Waals surface area contributed by atoms with Gasteiger partial charge in [-0.15, -0.1) is 0 Å². The third kappa shape index (κ3) is 3.94. The van der Waals surface area contributed by atoms with Crippen molar-refractivity contribution in [3.8, 4) is 0 Å². The molecule has 0 aliphatic heterocycles. The van der Waals surface area contributed by atoms with E-state index in [1.54, 1.807) is 0 Å². The van der Waals surface area contributed by atoms with E-state index >= 15 is 0 Å². The largest absolute Gasteiger partial charge is 0.382 e. The lowest BCUT2D eigenvalue weighted by atomic mass is 9.87. The van der Waals surface area contributed by atoms with Crippen LogP contribution in [0.4, 0.5) is 0 Å². The van der Waals surface area contributed by atoms with Crippen molar-refractivity contribution in [2.75, 3.05) is 0 Å². The van der Waals surface area contributed by atoms with E-state index in [-0.39, 0.29) is 12.2 Å². The molecule has 1 aliphatic carbocycles. The minimum Gasteiger partial charge on any atom is -0.382 e. The molecule has 4 nitrogen and oxygen atoms in total. The molecule has 0 radical (unpaired) electrons. The van der Waals surface area contributed by atoms with Crippen LogP contribution >= 0.6 is 0 Å². The lowest BCUT2D eigenvalue weighted by molar-refractivity contribution is -0.138. The fourth-order valence-electron chi connectivity index (χ4n) is 3.26. The molecule has 1 heterocycles. The summed E-state index contributed by atoms with van der Waals surface area (Å²) in [6.45, 7) is 4.30. The summed E-state index contributed by atoms with van der Waals surface area (Å²) in [6, 6.07) is 2.31. The maximum atomic E-state index is 12.5. The lowest BCUT2D eigenvalue weighted by Gasteiger charge is -2.24. The molecular formula is C17H28N2O2. The van der Waals surface area contributed by atoms with Gasteiger partial charge in [-0.25, -0.2) is 0 Å². The van der Waals surface area contributed by atoms with Crippen LogP contribution < -0.4 is 0 Å². The molecule has 0 amide bonds. The highest BCUT2D eigenvalue weighted by atomic mass is 16.3. The maximum absolute atomic E-state index is 12.5. The molecule has 4 heteroatoms. The van der Waals surface area contributed by atoms with Crippen molar-refractivity contribution < 1.29 is 9.90 Å². The molecule has 2 rings (SSSR count). The van der Waals surface area contributed by atoms with E-state index < -0.39 is 5.60 Å².